The van der Waals surface area contributed by atoms with Crippen LogP contribution in [0.4, 0.5) is 10.1 Å². The Kier molecular flexibility index (Phi) is 5.67. The Morgan fingerprint density at radius 2 is 2.03 bits per heavy atom. The molecule has 2 heterocycles. The zero-order valence-corrected chi connectivity index (χ0v) is 16.7. The number of hydrogen-bond donors (Lipinski definition) is 1. The molecule has 29 heavy (non-hydrogen) atoms. The van der Waals surface area contributed by atoms with Gasteiger partial charge in [0.25, 0.3) is 0 Å². The highest BCUT2D eigenvalue weighted by Crippen LogP contribution is 2.37. The second-order valence-electron chi connectivity index (χ2n) is 7.06. The average Bonchev–Trinajstić information content (AvgIpc) is 2.96. The molecular formula is C20H23FN4O4. The number of methoxy groups -OCH3 is 1. The first kappa shape index (κ1) is 20.5. The number of esters is 1. The molecule has 2 amide bonds. The summed E-state index contributed by atoms with van der Waals surface area (Å²) < 4.78 is 19.9. The maximum atomic E-state index is 13.8. The number of halogens is 1. The van der Waals surface area contributed by atoms with Gasteiger partial charge in [-0.1, -0.05) is 12.1 Å². The van der Waals surface area contributed by atoms with Gasteiger partial charge in [0, 0.05) is 20.5 Å². The highest BCUT2D eigenvalue weighted by molar-refractivity contribution is 6.02. The largest absolute Gasteiger partial charge is 0.464 e. The minimum absolute atomic E-state index is 0.115. The number of piperidine rings is 1. The number of aryl methyl sites for hydroxylation is 2. The van der Waals surface area contributed by atoms with Crippen LogP contribution in [0.3, 0.4) is 0 Å². The minimum Gasteiger partial charge on any atom is -0.464 e. The molecule has 2 atom stereocenters. The van der Waals surface area contributed by atoms with E-state index < -0.39 is 23.7 Å². The van der Waals surface area contributed by atoms with E-state index in [1.807, 2.05) is 0 Å². The van der Waals surface area contributed by atoms with Gasteiger partial charge in [-0.05, 0) is 31.0 Å². The van der Waals surface area contributed by atoms with Gasteiger partial charge >= 0.3 is 5.97 Å². The minimum atomic E-state index is -0.624. The number of ether oxygens (including phenoxy) is 1. The van der Waals surface area contributed by atoms with Crippen LogP contribution in [-0.2, 0) is 21.4 Å². The summed E-state index contributed by atoms with van der Waals surface area (Å²) in [6.45, 7) is 1.67. The van der Waals surface area contributed by atoms with Crippen LogP contribution >= 0.6 is 0 Å². The summed E-state index contributed by atoms with van der Waals surface area (Å²) in [5, 5.41) is 6.96. The lowest BCUT2D eigenvalue weighted by molar-refractivity contribution is -0.140. The molecule has 1 fully saturated rings. The number of carbonyl (C=O) groups is 3. The molecule has 0 aliphatic carbocycles. The Labute approximate surface area is 167 Å². The molecule has 9 heteroatoms. The van der Waals surface area contributed by atoms with E-state index in [0.717, 1.165) is 0 Å². The van der Waals surface area contributed by atoms with Crippen molar-refractivity contribution in [2.75, 3.05) is 19.5 Å². The van der Waals surface area contributed by atoms with Crippen LogP contribution in [0, 0.1) is 18.7 Å². The van der Waals surface area contributed by atoms with Crippen LogP contribution in [0.1, 0.15) is 40.6 Å². The van der Waals surface area contributed by atoms with Crippen molar-refractivity contribution in [1.29, 1.82) is 0 Å². The molecule has 1 saturated heterocycles. The SMILES string of the molecule is COC(=O)c1c(NC(=O)C2CCC(=O)N(C)C2c2cccc(F)c2)c(C)nn1C. The van der Waals surface area contributed by atoms with Crippen LogP contribution in [0.2, 0.25) is 0 Å². The monoisotopic (exact) mass is 402 g/mol. The molecule has 0 radical (unpaired) electrons. The molecule has 2 unspecified atom stereocenters. The number of aromatic nitrogens is 2. The summed E-state index contributed by atoms with van der Waals surface area (Å²) in [5.41, 5.74) is 1.39. The van der Waals surface area contributed by atoms with Crippen molar-refractivity contribution in [3.8, 4) is 0 Å². The molecule has 0 saturated carbocycles. The number of benzene rings is 1. The van der Waals surface area contributed by atoms with Crippen LogP contribution in [0.15, 0.2) is 24.3 Å². The molecule has 8 nitrogen and oxygen atoms in total. The average molecular weight is 402 g/mol. The number of nitrogens with zero attached hydrogens (tertiary/aromatic N) is 3. The van der Waals surface area contributed by atoms with Gasteiger partial charge < -0.3 is 15.0 Å². The van der Waals surface area contributed by atoms with Crippen LogP contribution in [0.25, 0.3) is 0 Å². The van der Waals surface area contributed by atoms with Crippen LogP contribution in [-0.4, -0.2) is 46.6 Å². The molecule has 1 N–H and O–H groups in total. The van der Waals surface area contributed by atoms with Gasteiger partial charge in [0.15, 0.2) is 5.69 Å². The number of carbonyl (C=O) groups excluding carboxylic acids is 3. The van der Waals surface area contributed by atoms with E-state index in [1.54, 1.807) is 33.2 Å². The van der Waals surface area contributed by atoms with Gasteiger partial charge in [0.2, 0.25) is 11.8 Å². The van der Waals surface area contributed by atoms with E-state index in [9.17, 15) is 18.8 Å². The van der Waals surface area contributed by atoms with E-state index in [-0.39, 0.29) is 29.6 Å². The van der Waals surface area contributed by atoms with Gasteiger partial charge in [0.05, 0.1) is 30.5 Å². The molecule has 1 aliphatic rings. The second-order valence-corrected chi connectivity index (χ2v) is 7.06. The third kappa shape index (κ3) is 3.85. The zero-order chi connectivity index (χ0) is 21.3. The Hall–Kier alpha value is -3.23. The number of nitrogens with one attached hydrogen (secondary N) is 1. The van der Waals surface area contributed by atoms with Crippen LogP contribution in [0.5, 0.6) is 0 Å². The Bertz CT molecular complexity index is 971. The highest BCUT2D eigenvalue weighted by Gasteiger charge is 2.39. The normalized spacial score (nSPS) is 19.2. The van der Waals surface area contributed by atoms with Crippen LogP contribution < -0.4 is 5.32 Å². The van der Waals surface area contributed by atoms with Crippen molar-refractivity contribution in [3.05, 3.63) is 47.0 Å². The molecule has 154 valence electrons. The van der Waals surface area contributed by atoms with E-state index in [1.165, 1.54) is 28.8 Å². The Balaban J connectivity index is 1.95. The summed E-state index contributed by atoms with van der Waals surface area (Å²) in [7, 11) is 4.43. The van der Waals surface area contributed by atoms with Gasteiger partial charge in [-0.25, -0.2) is 9.18 Å². The molecular weight excluding hydrogens is 379 g/mol. The lowest BCUT2D eigenvalue weighted by atomic mass is 9.84. The van der Waals surface area contributed by atoms with Crippen molar-refractivity contribution in [2.45, 2.75) is 25.8 Å². The smallest absolute Gasteiger partial charge is 0.358 e. The second kappa shape index (κ2) is 8.02. The van der Waals surface area contributed by atoms with Gasteiger partial charge in [-0.2, -0.15) is 5.10 Å². The molecule has 0 bridgehead atoms. The summed E-state index contributed by atoms with van der Waals surface area (Å²) >= 11 is 0. The predicted molar refractivity (Wildman–Crippen MR) is 103 cm³/mol. The van der Waals surface area contributed by atoms with Crippen molar-refractivity contribution < 1.29 is 23.5 Å². The number of anilines is 1. The summed E-state index contributed by atoms with van der Waals surface area (Å²) in [6.07, 6.45) is 0.513. The third-order valence-electron chi connectivity index (χ3n) is 5.24. The molecule has 3 rings (SSSR count). The Morgan fingerprint density at radius 3 is 2.69 bits per heavy atom. The number of rotatable bonds is 4. The van der Waals surface area contributed by atoms with E-state index in [0.29, 0.717) is 17.7 Å². The van der Waals surface area contributed by atoms with Crippen molar-refractivity contribution in [2.24, 2.45) is 13.0 Å². The summed E-state index contributed by atoms with van der Waals surface area (Å²) in [6, 6.07) is 5.26. The van der Waals surface area contributed by atoms with Gasteiger partial charge in [-0.3, -0.25) is 14.3 Å². The maximum absolute atomic E-state index is 13.8. The number of hydrogen-bond acceptors (Lipinski definition) is 5. The third-order valence-corrected chi connectivity index (χ3v) is 5.24. The lowest BCUT2D eigenvalue weighted by Gasteiger charge is -2.38. The quantitative estimate of drug-likeness (QED) is 0.792. The van der Waals surface area contributed by atoms with Crippen molar-refractivity contribution in [3.63, 3.8) is 0 Å². The maximum Gasteiger partial charge on any atom is 0.358 e. The molecule has 1 aliphatic heterocycles. The first-order chi connectivity index (χ1) is 13.7. The molecule has 1 aromatic heterocycles. The number of likely N-dealkylation sites (tertiary alicyclic amines) is 1. The molecule has 1 aromatic carbocycles. The zero-order valence-electron chi connectivity index (χ0n) is 16.7. The highest BCUT2D eigenvalue weighted by atomic mass is 19.1. The lowest BCUT2D eigenvalue weighted by Crippen LogP contribution is -2.44. The standard InChI is InChI=1S/C20H23FN4O4/c1-11-16(18(20(28)29-4)25(3)23-11)22-19(27)14-8-9-15(26)24(2)17(14)12-6-5-7-13(21)10-12/h5-7,10,14,17H,8-9H2,1-4H3,(H,22,27). The fraction of sp³-hybridized carbons (Fsp3) is 0.400. The fourth-order valence-electron chi connectivity index (χ4n) is 3.81. The molecule has 0 spiro atoms. The van der Waals surface area contributed by atoms with E-state index in [4.69, 9.17) is 4.74 Å². The predicted octanol–water partition coefficient (Wildman–Crippen LogP) is 2.20. The van der Waals surface area contributed by atoms with E-state index in [2.05, 4.69) is 10.4 Å². The molecule has 2 aromatic rings. The fourth-order valence-corrected chi connectivity index (χ4v) is 3.81. The van der Waals surface area contributed by atoms with Gasteiger partial charge in [-0.15, -0.1) is 0 Å². The van der Waals surface area contributed by atoms with Crippen molar-refractivity contribution in [1.82, 2.24) is 14.7 Å². The first-order valence-electron chi connectivity index (χ1n) is 9.18. The summed E-state index contributed by atoms with van der Waals surface area (Å²) in [5.74, 6) is -2.18. The van der Waals surface area contributed by atoms with Crippen molar-refractivity contribution >= 4 is 23.5 Å². The van der Waals surface area contributed by atoms with E-state index >= 15 is 0 Å². The summed E-state index contributed by atoms with van der Waals surface area (Å²) in [4.78, 5) is 39.0. The first-order valence-corrected chi connectivity index (χ1v) is 9.18. The Morgan fingerprint density at radius 1 is 1.31 bits per heavy atom. The van der Waals surface area contributed by atoms with Gasteiger partial charge in [0.1, 0.15) is 5.82 Å². The number of amides is 2. The topological polar surface area (TPSA) is 93.5 Å².